The molecule has 0 aliphatic carbocycles. The molecule has 3 aromatic rings. The minimum absolute atomic E-state index is 0. The van der Waals surface area contributed by atoms with E-state index in [1.807, 2.05) is 54.6 Å². The number of nitrogens with one attached hydrogen (secondary N) is 1. The van der Waals surface area contributed by atoms with Crippen molar-refractivity contribution >= 4 is 12.4 Å². The molecule has 3 rings (SSSR count). The number of hydrogen-bond donors (Lipinski definition) is 2. The maximum Gasteiger partial charge on any atom is 0.134 e. The number of aliphatic hydroxyl groups is 1. The number of halogens is 1. The van der Waals surface area contributed by atoms with Crippen LogP contribution in [0.15, 0.2) is 65.1 Å². The van der Waals surface area contributed by atoms with Crippen LogP contribution in [0.2, 0.25) is 0 Å². The van der Waals surface area contributed by atoms with Crippen molar-refractivity contribution in [3.8, 4) is 17.1 Å². The summed E-state index contributed by atoms with van der Waals surface area (Å²) in [7, 11) is 1.70. The molecule has 0 spiro atoms. The summed E-state index contributed by atoms with van der Waals surface area (Å²) in [6.45, 7) is 3.29. The van der Waals surface area contributed by atoms with Gasteiger partial charge in [0.05, 0.1) is 19.8 Å². The number of furan rings is 1. The van der Waals surface area contributed by atoms with Crippen molar-refractivity contribution in [1.29, 1.82) is 0 Å². The van der Waals surface area contributed by atoms with Crippen molar-refractivity contribution in [3.63, 3.8) is 0 Å². The highest BCUT2D eigenvalue weighted by molar-refractivity contribution is 5.85. The predicted octanol–water partition coefficient (Wildman–Crippen LogP) is 4.76. The van der Waals surface area contributed by atoms with E-state index >= 15 is 0 Å². The Morgan fingerprint density at radius 2 is 1.78 bits per heavy atom. The predicted molar refractivity (Wildman–Crippen MR) is 110 cm³/mol. The van der Waals surface area contributed by atoms with Crippen LogP contribution in [-0.4, -0.2) is 18.8 Å². The average molecular weight is 388 g/mol. The normalized spacial score (nSPS) is 11.7. The number of ether oxygens (including phenoxy) is 1. The first kappa shape index (κ1) is 21.0. The van der Waals surface area contributed by atoms with Gasteiger partial charge in [0, 0.05) is 5.56 Å². The maximum atomic E-state index is 9.59. The lowest BCUT2D eigenvalue weighted by Gasteiger charge is -2.08. The topological polar surface area (TPSA) is 54.6 Å². The molecule has 144 valence electrons. The van der Waals surface area contributed by atoms with Gasteiger partial charge in [0.1, 0.15) is 17.3 Å². The molecule has 27 heavy (non-hydrogen) atoms. The lowest BCUT2D eigenvalue weighted by atomic mass is 10.1. The van der Waals surface area contributed by atoms with Gasteiger partial charge < -0.3 is 19.6 Å². The van der Waals surface area contributed by atoms with Crippen molar-refractivity contribution in [2.45, 2.75) is 26.0 Å². The second kappa shape index (κ2) is 10.2. The van der Waals surface area contributed by atoms with Crippen molar-refractivity contribution < 1.29 is 14.3 Å². The molecule has 2 N–H and O–H groups in total. The van der Waals surface area contributed by atoms with Gasteiger partial charge in [-0.05, 0) is 49.2 Å². The molecule has 0 amide bonds. The van der Waals surface area contributed by atoms with Crippen LogP contribution in [0.1, 0.15) is 29.9 Å². The zero-order chi connectivity index (χ0) is 18.4. The fraction of sp³-hybridized carbons (Fsp3) is 0.273. The highest BCUT2D eigenvalue weighted by Gasteiger charge is 2.07. The highest BCUT2D eigenvalue weighted by atomic mass is 35.5. The summed E-state index contributed by atoms with van der Waals surface area (Å²) in [5.74, 6) is 2.67. The molecule has 0 aliphatic rings. The Balaban J connectivity index is 0.00000261. The van der Waals surface area contributed by atoms with E-state index in [0.29, 0.717) is 6.54 Å². The van der Waals surface area contributed by atoms with Crippen LogP contribution in [0.25, 0.3) is 11.3 Å². The van der Waals surface area contributed by atoms with Crippen molar-refractivity contribution in [2.75, 3.05) is 13.7 Å². The molecule has 0 aliphatic heterocycles. The lowest BCUT2D eigenvalue weighted by molar-refractivity contribution is 0.199. The fourth-order valence-electron chi connectivity index (χ4n) is 2.90. The van der Waals surface area contributed by atoms with Gasteiger partial charge in [-0.3, -0.25) is 0 Å². The summed E-state index contributed by atoms with van der Waals surface area (Å²) < 4.78 is 11.3. The van der Waals surface area contributed by atoms with E-state index in [1.165, 1.54) is 5.56 Å². The monoisotopic (exact) mass is 387 g/mol. The van der Waals surface area contributed by atoms with Crippen LogP contribution in [0.5, 0.6) is 5.75 Å². The van der Waals surface area contributed by atoms with E-state index in [4.69, 9.17) is 9.15 Å². The number of aliphatic hydroxyl groups excluding tert-OH is 1. The summed E-state index contributed by atoms with van der Waals surface area (Å²) in [5.41, 5.74) is 3.11. The van der Waals surface area contributed by atoms with Gasteiger partial charge in [0.15, 0.2) is 0 Å². The molecule has 1 atom stereocenters. The Hall–Kier alpha value is -2.27. The average Bonchev–Trinajstić information content (AvgIpc) is 3.14. The number of benzene rings is 2. The summed E-state index contributed by atoms with van der Waals surface area (Å²) in [5, 5.41) is 13.0. The van der Waals surface area contributed by atoms with Gasteiger partial charge in [-0.15, -0.1) is 12.4 Å². The van der Waals surface area contributed by atoms with Crippen LogP contribution in [0.3, 0.4) is 0 Å². The summed E-state index contributed by atoms with van der Waals surface area (Å²) >= 11 is 0. The van der Waals surface area contributed by atoms with Gasteiger partial charge in [-0.25, -0.2) is 0 Å². The Kier molecular flexibility index (Phi) is 7.92. The SMILES string of the molecule is COc1ccccc1CCNCc1ccc(-c2ccc(C(C)O)cc2)o1.Cl. The molecule has 2 aromatic carbocycles. The quantitative estimate of drug-likeness (QED) is 0.547. The largest absolute Gasteiger partial charge is 0.496 e. The van der Waals surface area contributed by atoms with Gasteiger partial charge >= 0.3 is 0 Å². The van der Waals surface area contributed by atoms with Crippen LogP contribution < -0.4 is 10.1 Å². The Bertz CT molecular complexity index is 828. The fourth-order valence-corrected chi connectivity index (χ4v) is 2.90. The molecule has 5 heteroatoms. The number of hydrogen-bond acceptors (Lipinski definition) is 4. The minimum atomic E-state index is -0.455. The van der Waals surface area contributed by atoms with Crippen LogP contribution in [-0.2, 0) is 13.0 Å². The smallest absolute Gasteiger partial charge is 0.134 e. The molecule has 1 heterocycles. The number of methoxy groups -OCH3 is 1. The third kappa shape index (κ3) is 5.60. The van der Waals surface area contributed by atoms with Crippen molar-refractivity contribution in [2.24, 2.45) is 0 Å². The Morgan fingerprint density at radius 3 is 2.48 bits per heavy atom. The Morgan fingerprint density at radius 1 is 1.04 bits per heavy atom. The van der Waals surface area contributed by atoms with Gasteiger partial charge in [-0.1, -0.05) is 42.5 Å². The van der Waals surface area contributed by atoms with E-state index in [2.05, 4.69) is 11.4 Å². The molecule has 4 nitrogen and oxygen atoms in total. The standard InChI is InChI=1S/C22H25NO3.ClH/c1-16(24)17-7-9-19(10-8-17)22-12-11-20(26-22)15-23-14-13-18-5-3-4-6-21(18)25-2;/h3-12,16,23-24H,13-15H2,1-2H3;1H. The van der Waals surface area contributed by atoms with E-state index in [1.54, 1.807) is 14.0 Å². The third-order valence-electron chi connectivity index (χ3n) is 4.40. The van der Waals surface area contributed by atoms with Crippen LogP contribution in [0, 0.1) is 0 Å². The summed E-state index contributed by atoms with van der Waals surface area (Å²) in [6, 6.07) is 19.8. The first-order valence-corrected chi connectivity index (χ1v) is 8.87. The zero-order valence-electron chi connectivity index (χ0n) is 15.6. The second-order valence-corrected chi connectivity index (χ2v) is 6.30. The minimum Gasteiger partial charge on any atom is -0.496 e. The van der Waals surface area contributed by atoms with E-state index in [0.717, 1.165) is 41.4 Å². The molecule has 0 fully saturated rings. The third-order valence-corrected chi connectivity index (χ3v) is 4.40. The first-order chi connectivity index (χ1) is 12.7. The highest BCUT2D eigenvalue weighted by Crippen LogP contribution is 2.24. The first-order valence-electron chi connectivity index (χ1n) is 8.87. The van der Waals surface area contributed by atoms with E-state index < -0.39 is 6.10 Å². The molecule has 0 bridgehead atoms. The molecular weight excluding hydrogens is 362 g/mol. The van der Waals surface area contributed by atoms with Crippen LogP contribution in [0.4, 0.5) is 0 Å². The maximum absolute atomic E-state index is 9.59. The molecule has 0 saturated carbocycles. The van der Waals surface area contributed by atoms with E-state index in [9.17, 15) is 5.11 Å². The molecule has 0 radical (unpaired) electrons. The van der Waals surface area contributed by atoms with E-state index in [-0.39, 0.29) is 12.4 Å². The second-order valence-electron chi connectivity index (χ2n) is 6.30. The molecule has 1 aromatic heterocycles. The van der Waals surface area contributed by atoms with Crippen molar-refractivity contribution in [1.82, 2.24) is 5.32 Å². The van der Waals surface area contributed by atoms with Gasteiger partial charge in [0.25, 0.3) is 0 Å². The molecular formula is C22H26ClNO3. The van der Waals surface area contributed by atoms with Crippen LogP contribution >= 0.6 is 12.4 Å². The number of rotatable bonds is 8. The van der Waals surface area contributed by atoms with Gasteiger partial charge in [0.2, 0.25) is 0 Å². The van der Waals surface area contributed by atoms with Gasteiger partial charge in [-0.2, -0.15) is 0 Å². The number of para-hydroxylation sites is 1. The van der Waals surface area contributed by atoms with Crippen molar-refractivity contribution in [3.05, 3.63) is 77.6 Å². The summed E-state index contributed by atoms with van der Waals surface area (Å²) in [6.07, 6.45) is 0.446. The molecule has 0 saturated heterocycles. The lowest BCUT2D eigenvalue weighted by Crippen LogP contribution is -2.16. The Labute approximate surface area is 166 Å². The zero-order valence-corrected chi connectivity index (χ0v) is 16.5. The molecule has 1 unspecified atom stereocenters. The summed E-state index contributed by atoms with van der Waals surface area (Å²) in [4.78, 5) is 0.